The van der Waals surface area contributed by atoms with Crippen LogP contribution in [0.4, 0.5) is 0 Å². The Morgan fingerprint density at radius 2 is 1.90 bits per heavy atom. The predicted molar refractivity (Wildman–Crippen MR) is 122 cm³/mol. The van der Waals surface area contributed by atoms with E-state index < -0.39 is 6.10 Å². The average Bonchev–Trinajstić information content (AvgIpc) is 3.16. The van der Waals surface area contributed by atoms with Gasteiger partial charge in [0.05, 0.1) is 23.9 Å². The number of benzene rings is 1. The molecule has 0 saturated carbocycles. The van der Waals surface area contributed by atoms with Crippen molar-refractivity contribution in [2.75, 3.05) is 0 Å². The van der Waals surface area contributed by atoms with Crippen molar-refractivity contribution in [3.05, 3.63) is 48.6 Å². The number of aliphatic hydroxyl groups excluding tert-OH is 1. The quantitative estimate of drug-likeness (QED) is 0.209. The van der Waals surface area contributed by atoms with Gasteiger partial charge in [0.25, 0.3) is 0 Å². The first-order valence-electron chi connectivity index (χ1n) is 11.9. The van der Waals surface area contributed by atoms with Gasteiger partial charge in [-0.2, -0.15) is 0 Å². The highest BCUT2D eigenvalue weighted by Crippen LogP contribution is 2.31. The number of ether oxygens (including phenoxy) is 2. The second kappa shape index (κ2) is 14.4. The number of carbonyl (C=O) groups excluding carboxylic acids is 1. The number of unbranched alkanes of at least 4 members (excludes halogenated alkanes) is 7. The molecule has 168 valence electrons. The van der Waals surface area contributed by atoms with Crippen molar-refractivity contribution in [3.8, 4) is 0 Å². The molecule has 0 unspecified atom stereocenters. The molecule has 1 saturated heterocycles. The van der Waals surface area contributed by atoms with Gasteiger partial charge >= 0.3 is 5.97 Å². The van der Waals surface area contributed by atoms with E-state index in [4.69, 9.17) is 9.47 Å². The molecule has 0 radical (unpaired) electrons. The fraction of sp³-hybridized carbons (Fsp3) is 0.654. The number of aliphatic hydroxyl groups is 1. The van der Waals surface area contributed by atoms with Crippen LogP contribution in [0.2, 0.25) is 0 Å². The van der Waals surface area contributed by atoms with E-state index in [1.165, 1.54) is 19.3 Å². The zero-order valence-corrected chi connectivity index (χ0v) is 18.6. The van der Waals surface area contributed by atoms with Crippen LogP contribution in [-0.2, 0) is 9.47 Å². The minimum Gasteiger partial charge on any atom is -0.456 e. The molecule has 4 atom stereocenters. The molecule has 1 aromatic rings. The number of hydrogen-bond donors (Lipinski definition) is 1. The first-order chi connectivity index (χ1) is 14.7. The maximum absolute atomic E-state index is 12.5. The van der Waals surface area contributed by atoms with E-state index in [1.54, 1.807) is 12.1 Å². The summed E-state index contributed by atoms with van der Waals surface area (Å²) in [4.78, 5) is 12.5. The first kappa shape index (κ1) is 24.6. The molecular formula is C26H40O4. The van der Waals surface area contributed by atoms with Gasteiger partial charge in [0, 0.05) is 6.42 Å². The first-order valence-corrected chi connectivity index (χ1v) is 11.9. The smallest absolute Gasteiger partial charge is 0.338 e. The highest BCUT2D eigenvalue weighted by atomic mass is 16.6. The summed E-state index contributed by atoms with van der Waals surface area (Å²) < 4.78 is 12.0. The average molecular weight is 417 g/mol. The fourth-order valence-electron chi connectivity index (χ4n) is 4.11. The van der Waals surface area contributed by atoms with Crippen molar-refractivity contribution in [3.63, 3.8) is 0 Å². The van der Waals surface area contributed by atoms with Crippen molar-refractivity contribution >= 4 is 5.97 Å². The molecule has 1 fully saturated rings. The van der Waals surface area contributed by atoms with Crippen molar-refractivity contribution in [2.24, 2.45) is 0 Å². The lowest BCUT2D eigenvalue weighted by atomic mass is 10.00. The molecule has 1 aromatic carbocycles. The molecule has 0 bridgehead atoms. The lowest BCUT2D eigenvalue weighted by Gasteiger charge is -2.20. The van der Waals surface area contributed by atoms with Gasteiger partial charge in [-0.25, -0.2) is 4.79 Å². The molecule has 2 rings (SSSR count). The number of hydrogen-bond acceptors (Lipinski definition) is 4. The topological polar surface area (TPSA) is 55.8 Å². The standard InChI is InChI=1S/C26H40O4/c1-3-5-7-8-9-10-15-18-22(27)24-20-25(23(29-24)19-12-6-4-2)30-26(28)21-16-13-11-14-17-21/h3,11,13-14,16-17,22-25,27H,1,4-10,12,15,18-20H2,2H3/t22-,23-,24+,25+/m1/s1. The van der Waals surface area contributed by atoms with E-state index in [1.807, 2.05) is 24.3 Å². The number of allylic oxidation sites excluding steroid dienone is 1. The van der Waals surface area contributed by atoms with Crippen LogP contribution in [0.1, 0.15) is 94.3 Å². The number of rotatable bonds is 15. The highest BCUT2D eigenvalue weighted by molar-refractivity contribution is 5.89. The summed E-state index contributed by atoms with van der Waals surface area (Å²) in [6.45, 7) is 5.93. The molecule has 0 aromatic heterocycles. The molecular weight excluding hydrogens is 376 g/mol. The molecule has 4 heteroatoms. The summed E-state index contributed by atoms with van der Waals surface area (Å²) in [7, 11) is 0. The maximum Gasteiger partial charge on any atom is 0.338 e. The Morgan fingerprint density at radius 1 is 1.17 bits per heavy atom. The van der Waals surface area contributed by atoms with Crippen molar-refractivity contribution in [1.29, 1.82) is 0 Å². The van der Waals surface area contributed by atoms with Gasteiger partial charge in [-0.15, -0.1) is 6.58 Å². The van der Waals surface area contributed by atoms with Gasteiger partial charge in [-0.05, 0) is 37.8 Å². The molecule has 0 spiro atoms. The van der Waals surface area contributed by atoms with Gasteiger partial charge in [-0.3, -0.25) is 0 Å². The Kier molecular flexibility index (Phi) is 11.8. The zero-order chi connectivity index (χ0) is 21.6. The number of esters is 1. The summed E-state index contributed by atoms with van der Waals surface area (Å²) >= 11 is 0. The second-order valence-corrected chi connectivity index (χ2v) is 8.46. The third-order valence-corrected chi connectivity index (χ3v) is 5.93. The van der Waals surface area contributed by atoms with E-state index in [0.717, 1.165) is 51.4 Å². The zero-order valence-electron chi connectivity index (χ0n) is 18.6. The molecule has 0 amide bonds. The van der Waals surface area contributed by atoms with Crippen LogP contribution >= 0.6 is 0 Å². The van der Waals surface area contributed by atoms with E-state index in [-0.39, 0.29) is 24.3 Å². The molecule has 1 N–H and O–H groups in total. The third-order valence-electron chi connectivity index (χ3n) is 5.93. The Morgan fingerprint density at radius 3 is 2.63 bits per heavy atom. The lowest BCUT2D eigenvalue weighted by Crippen LogP contribution is -2.27. The van der Waals surface area contributed by atoms with Crippen LogP contribution < -0.4 is 0 Å². The van der Waals surface area contributed by atoms with E-state index in [9.17, 15) is 9.90 Å². The molecule has 30 heavy (non-hydrogen) atoms. The largest absolute Gasteiger partial charge is 0.456 e. The second-order valence-electron chi connectivity index (χ2n) is 8.46. The molecule has 1 heterocycles. The van der Waals surface area contributed by atoms with Crippen molar-refractivity contribution < 1.29 is 19.4 Å². The van der Waals surface area contributed by atoms with Gasteiger partial charge in [0.2, 0.25) is 0 Å². The number of carbonyl (C=O) groups is 1. The Balaban J connectivity index is 1.82. The van der Waals surface area contributed by atoms with Crippen LogP contribution in [0.5, 0.6) is 0 Å². The molecule has 0 aliphatic carbocycles. The lowest BCUT2D eigenvalue weighted by molar-refractivity contribution is -0.0531. The third kappa shape index (κ3) is 8.61. The predicted octanol–water partition coefficient (Wildman–Crippen LogP) is 6.23. The SMILES string of the molecule is C=CCCCCCCC[C@@H](O)[C@@H]1C[C@H](OC(=O)c2ccccc2)[C@@H](CCCCC)O1. The summed E-state index contributed by atoms with van der Waals surface area (Å²) in [5.74, 6) is -0.306. The van der Waals surface area contributed by atoms with Gasteiger partial charge in [0.1, 0.15) is 6.10 Å². The summed E-state index contributed by atoms with van der Waals surface area (Å²) in [6.07, 6.45) is 13.2. The van der Waals surface area contributed by atoms with Crippen LogP contribution in [0.15, 0.2) is 43.0 Å². The van der Waals surface area contributed by atoms with Gasteiger partial charge in [0.15, 0.2) is 0 Å². The summed E-state index contributed by atoms with van der Waals surface area (Å²) in [6, 6.07) is 9.10. The van der Waals surface area contributed by atoms with E-state index >= 15 is 0 Å². The minimum absolute atomic E-state index is 0.122. The maximum atomic E-state index is 12.5. The minimum atomic E-state index is -0.493. The summed E-state index contributed by atoms with van der Waals surface area (Å²) in [5, 5.41) is 10.7. The Bertz CT molecular complexity index is 600. The van der Waals surface area contributed by atoms with Gasteiger partial charge < -0.3 is 14.6 Å². The van der Waals surface area contributed by atoms with E-state index in [2.05, 4.69) is 13.5 Å². The van der Waals surface area contributed by atoms with Crippen LogP contribution in [0, 0.1) is 0 Å². The van der Waals surface area contributed by atoms with Gasteiger partial charge in [-0.1, -0.05) is 76.1 Å². The normalized spacial score (nSPS) is 22.0. The summed E-state index contributed by atoms with van der Waals surface area (Å²) in [5.41, 5.74) is 0.560. The molecule has 1 aliphatic heterocycles. The van der Waals surface area contributed by atoms with Crippen molar-refractivity contribution in [1.82, 2.24) is 0 Å². The molecule has 1 aliphatic rings. The van der Waals surface area contributed by atoms with Crippen LogP contribution in [-0.4, -0.2) is 35.5 Å². The molecule has 4 nitrogen and oxygen atoms in total. The van der Waals surface area contributed by atoms with Crippen LogP contribution in [0.25, 0.3) is 0 Å². The monoisotopic (exact) mass is 416 g/mol. The van der Waals surface area contributed by atoms with Crippen molar-refractivity contribution in [2.45, 2.75) is 108 Å². The van der Waals surface area contributed by atoms with Crippen LogP contribution in [0.3, 0.4) is 0 Å². The fourth-order valence-corrected chi connectivity index (χ4v) is 4.11. The highest BCUT2D eigenvalue weighted by Gasteiger charge is 2.40. The van der Waals surface area contributed by atoms with E-state index in [0.29, 0.717) is 12.0 Å². The Labute approximate surface area is 182 Å². The Hall–Kier alpha value is -1.65.